The fourth-order valence-corrected chi connectivity index (χ4v) is 1.62. The maximum atomic E-state index is 4.26. The van der Waals surface area contributed by atoms with Crippen LogP contribution in [0.4, 0.5) is 0 Å². The molecule has 0 fully saturated rings. The van der Waals surface area contributed by atoms with Gasteiger partial charge in [-0.1, -0.05) is 41.5 Å². The molecule has 0 aliphatic rings. The zero-order valence-electron chi connectivity index (χ0n) is 16.1. The molecule has 5 heteroatoms. The van der Waals surface area contributed by atoms with Crippen LogP contribution in [0.2, 0.25) is 0 Å². The molecule has 2 rings (SSSR count). The van der Waals surface area contributed by atoms with Gasteiger partial charge in [-0.25, -0.2) is 4.98 Å². The molecule has 0 radical (unpaired) electrons. The largest absolute Gasteiger partial charge is 0.270 e. The van der Waals surface area contributed by atoms with Crippen molar-refractivity contribution in [1.82, 2.24) is 24.5 Å². The lowest BCUT2D eigenvalue weighted by Gasteiger charge is -2.01. The highest BCUT2D eigenvalue weighted by atomic mass is 15.3. The average Bonchev–Trinajstić information content (AvgIpc) is 3.13. The van der Waals surface area contributed by atoms with Gasteiger partial charge in [0.1, 0.15) is 11.6 Å². The van der Waals surface area contributed by atoms with Crippen LogP contribution in [0.1, 0.15) is 79.0 Å². The smallest absolute Gasteiger partial charge is 0.147 e. The predicted molar refractivity (Wildman–Crippen MR) is 95.1 cm³/mol. The molecule has 5 nitrogen and oxygen atoms in total. The molecule has 0 atom stereocenters. The van der Waals surface area contributed by atoms with Crippen LogP contribution < -0.4 is 0 Å². The standard InChI is InChI=1S/C7H13N3.C6H10N2.2C2H6/c1-5(2)7-8-6(3)9-10(7)4;1-6(2)8-5-3-4-7-8;2*1-2/h5H,1-4H3;3-6H,1-2H3;2*1-2H3. The highest BCUT2D eigenvalue weighted by Gasteiger charge is 2.06. The first-order chi connectivity index (χ1) is 10.4. The molecule has 0 aliphatic heterocycles. The van der Waals surface area contributed by atoms with Crippen LogP contribution in [0.15, 0.2) is 18.5 Å². The van der Waals surface area contributed by atoms with Gasteiger partial charge >= 0.3 is 0 Å². The first-order valence-electron chi connectivity index (χ1n) is 8.28. The Bertz CT molecular complexity index is 455. The lowest BCUT2D eigenvalue weighted by Crippen LogP contribution is -2.00. The van der Waals surface area contributed by atoms with Crippen LogP contribution in [0.5, 0.6) is 0 Å². The van der Waals surface area contributed by atoms with Gasteiger partial charge < -0.3 is 0 Å². The Morgan fingerprint density at radius 3 is 1.73 bits per heavy atom. The van der Waals surface area contributed by atoms with E-state index in [4.69, 9.17) is 0 Å². The number of aromatic nitrogens is 5. The van der Waals surface area contributed by atoms with E-state index in [1.54, 1.807) is 6.20 Å². The lowest BCUT2D eigenvalue weighted by atomic mass is 10.2. The first-order valence-corrected chi connectivity index (χ1v) is 8.28. The second-order valence-electron chi connectivity index (χ2n) is 4.88. The fraction of sp³-hybridized carbons (Fsp3) is 0.706. The second kappa shape index (κ2) is 13.0. The molecule has 0 amide bonds. The summed E-state index contributed by atoms with van der Waals surface area (Å²) in [5.41, 5.74) is 0. The van der Waals surface area contributed by atoms with Crippen LogP contribution in [0.3, 0.4) is 0 Å². The van der Waals surface area contributed by atoms with Gasteiger partial charge in [-0.3, -0.25) is 9.36 Å². The summed E-state index contributed by atoms with van der Waals surface area (Å²) in [7, 11) is 1.93. The summed E-state index contributed by atoms with van der Waals surface area (Å²) in [6.07, 6.45) is 3.75. The van der Waals surface area contributed by atoms with E-state index in [9.17, 15) is 0 Å². The van der Waals surface area contributed by atoms with E-state index >= 15 is 0 Å². The molecule has 0 aromatic carbocycles. The molecule has 0 unspecified atom stereocenters. The van der Waals surface area contributed by atoms with Gasteiger partial charge in [0.05, 0.1) is 0 Å². The summed E-state index contributed by atoms with van der Waals surface area (Å²) in [6, 6.07) is 2.42. The highest BCUT2D eigenvalue weighted by molar-refractivity contribution is 4.95. The molecule has 128 valence electrons. The molecule has 0 aliphatic carbocycles. The fourth-order valence-electron chi connectivity index (χ4n) is 1.62. The molecular formula is C17H35N5. The molecule has 2 aromatic heterocycles. The summed E-state index contributed by atoms with van der Waals surface area (Å²) in [4.78, 5) is 4.26. The summed E-state index contributed by atoms with van der Waals surface area (Å²) in [6.45, 7) is 18.3. The zero-order valence-corrected chi connectivity index (χ0v) is 16.1. The Hall–Kier alpha value is -1.65. The van der Waals surface area contributed by atoms with Gasteiger partial charge in [-0.15, -0.1) is 0 Å². The number of nitrogens with zero attached hydrogens (tertiary/aromatic N) is 5. The summed E-state index contributed by atoms with van der Waals surface area (Å²) < 4.78 is 3.75. The Labute approximate surface area is 136 Å². The van der Waals surface area contributed by atoms with Crippen molar-refractivity contribution >= 4 is 0 Å². The van der Waals surface area contributed by atoms with Crippen molar-refractivity contribution in [2.45, 2.75) is 74.3 Å². The zero-order chi connectivity index (χ0) is 17.7. The minimum Gasteiger partial charge on any atom is -0.270 e. The number of hydrogen-bond acceptors (Lipinski definition) is 3. The summed E-state index contributed by atoms with van der Waals surface area (Å²) in [5, 5.41) is 8.17. The van der Waals surface area contributed by atoms with Crippen molar-refractivity contribution in [2.24, 2.45) is 7.05 Å². The van der Waals surface area contributed by atoms with E-state index in [2.05, 4.69) is 42.9 Å². The monoisotopic (exact) mass is 309 g/mol. The maximum absolute atomic E-state index is 4.26. The van der Waals surface area contributed by atoms with Crippen LogP contribution >= 0.6 is 0 Å². The first kappa shape index (κ1) is 22.6. The molecule has 0 spiro atoms. The van der Waals surface area contributed by atoms with Crippen molar-refractivity contribution in [1.29, 1.82) is 0 Å². The van der Waals surface area contributed by atoms with Crippen LogP contribution in [-0.4, -0.2) is 24.5 Å². The van der Waals surface area contributed by atoms with E-state index in [0.29, 0.717) is 12.0 Å². The SMILES string of the molecule is CC.CC.CC(C)n1cccn1.Cc1nc(C(C)C)n(C)n1. The summed E-state index contributed by atoms with van der Waals surface area (Å²) in [5.74, 6) is 2.37. The summed E-state index contributed by atoms with van der Waals surface area (Å²) >= 11 is 0. The van der Waals surface area contributed by atoms with Crippen molar-refractivity contribution in [3.05, 3.63) is 30.1 Å². The van der Waals surface area contributed by atoms with Crippen molar-refractivity contribution in [3.63, 3.8) is 0 Å². The molecule has 22 heavy (non-hydrogen) atoms. The second-order valence-corrected chi connectivity index (χ2v) is 4.88. The maximum Gasteiger partial charge on any atom is 0.147 e. The predicted octanol–water partition coefficient (Wildman–Crippen LogP) is 4.76. The Balaban J connectivity index is 0. The quantitative estimate of drug-likeness (QED) is 0.803. The molecule has 2 heterocycles. The van der Waals surface area contributed by atoms with Gasteiger partial charge in [0, 0.05) is 31.4 Å². The van der Waals surface area contributed by atoms with E-state index in [0.717, 1.165) is 11.6 Å². The van der Waals surface area contributed by atoms with Gasteiger partial charge in [0.25, 0.3) is 0 Å². The number of hydrogen-bond donors (Lipinski definition) is 0. The third-order valence-corrected chi connectivity index (χ3v) is 2.47. The van der Waals surface area contributed by atoms with Gasteiger partial charge in [-0.2, -0.15) is 10.2 Å². The van der Waals surface area contributed by atoms with Crippen LogP contribution in [-0.2, 0) is 7.05 Å². The van der Waals surface area contributed by atoms with E-state index in [1.807, 2.05) is 63.3 Å². The Morgan fingerprint density at radius 2 is 1.55 bits per heavy atom. The third kappa shape index (κ3) is 8.60. The third-order valence-electron chi connectivity index (χ3n) is 2.47. The van der Waals surface area contributed by atoms with Gasteiger partial charge in [-0.05, 0) is 26.8 Å². The lowest BCUT2D eigenvalue weighted by molar-refractivity contribution is 0.532. The molecule has 0 bridgehead atoms. The highest BCUT2D eigenvalue weighted by Crippen LogP contribution is 2.09. The van der Waals surface area contributed by atoms with E-state index < -0.39 is 0 Å². The topological polar surface area (TPSA) is 48.5 Å². The van der Waals surface area contributed by atoms with Crippen molar-refractivity contribution < 1.29 is 0 Å². The average molecular weight is 310 g/mol. The van der Waals surface area contributed by atoms with Crippen LogP contribution in [0, 0.1) is 6.92 Å². The van der Waals surface area contributed by atoms with Crippen molar-refractivity contribution in [3.8, 4) is 0 Å². The molecule has 0 saturated heterocycles. The normalized spacial score (nSPS) is 9.27. The number of aryl methyl sites for hydroxylation is 2. The van der Waals surface area contributed by atoms with Gasteiger partial charge in [0.2, 0.25) is 0 Å². The Kier molecular flexibility index (Phi) is 13.4. The minimum absolute atomic E-state index is 0.464. The van der Waals surface area contributed by atoms with Gasteiger partial charge in [0.15, 0.2) is 0 Å². The molecule has 0 saturated carbocycles. The minimum atomic E-state index is 0.464. The molecular weight excluding hydrogens is 274 g/mol. The van der Waals surface area contributed by atoms with Crippen molar-refractivity contribution in [2.75, 3.05) is 0 Å². The Morgan fingerprint density at radius 1 is 1.00 bits per heavy atom. The molecule has 2 aromatic rings. The van der Waals surface area contributed by atoms with E-state index in [1.165, 1.54) is 0 Å². The molecule has 0 N–H and O–H groups in total. The van der Waals surface area contributed by atoms with E-state index in [-0.39, 0.29) is 0 Å². The van der Waals surface area contributed by atoms with Crippen LogP contribution in [0.25, 0.3) is 0 Å². The number of rotatable bonds is 2.